The molecule has 0 heterocycles. The number of ether oxygens (including phenoxy) is 4. The van der Waals surface area contributed by atoms with Crippen LogP contribution in [-0.4, -0.2) is 96.7 Å². The molecule has 2 unspecified atom stereocenters. The first-order chi connectivity index (χ1) is 44.4. The maximum absolute atomic E-state index is 13.1. The van der Waals surface area contributed by atoms with Gasteiger partial charge in [0.1, 0.15) is 19.3 Å². The van der Waals surface area contributed by atoms with Gasteiger partial charge in [0.05, 0.1) is 26.4 Å². The summed E-state index contributed by atoms with van der Waals surface area (Å²) >= 11 is 0. The third-order valence-electron chi connectivity index (χ3n) is 17.0. The molecule has 0 aromatic rings. The largest absolute Gasteiger partial charge is 0.472 e. The lowest BCUT2D eigenvalue weighted by Gasteiger charge is -2.21. The number of phosphoric acid groups is 2. The Morgan fingerprint density at radius 3 is 0.739 bits per heavy atom. The lowest BCUT2D eigenvalue weighted by Crippen LogP contribution is -2.30. The fourth-order valence-corrected chi connectivity index (χ4v) is 12.7. The Labute approximate surface area is 562 Å². The summed E-state index contributed by atoms with van der Waals surface area (Å²) in [5.41, 5.74) is 0. The lowest BCUT2D eigenvalue weighted by atomic mass is 10.0. The Hall–Kier alpha value is -1.94. The summed E-state index contributed by atoms with van der Waals surface area (Å²) in [6, 6.07) is 0. The van der Waals surface area contributed by atoms with Gasteiger partial charge in [0.25, 0.3) is 0 Å². The van der Waals surface area contributed by atoms with Crippen LogP contribution in [0.15, 0.2) is 0 Å². The number of aliphatic hydroxyl groups excluding tert-OH is 1. The van der Waals surface area contributed by atoms with Gasteiger partial charge in [-0.3, -0.25) is 37.3 Å². The van der Waals surface area contributed by atoms with Crippen LogP contribution < -0.4 is 0 Å². The van der Waals surface area contributed by atoms with E-state index in [0.29, 0.717) is 25.7 Å². The van der Waals surface area contributed by atoms with E-state index in [2.05, 4.69) is 41.5 Å². The maximum atomic E-state index is 13.1. The van der Waals surface area contributed by atoms with Crippen molar-refractivity contribution in [2.45, 2.75) is 394 Å². The second-order valence-corrected chi connectivity index (χ2v) is 30.2. The zero-order chi connectivity index (χ0) is 67.9. The number of carbonyl (C=O) groups is 4. The molecule has 0 saturated heterocycles. The van der Waals surface area contributed by atoms with Crippen molar-refractivity contribution >= 4 is 39.5 Å². The summed E-state index contributed by atoms with van der Waals surface area (Å²) < 4.78 is 68.3. The molecule has 0 rings (SSSR count). The predicted octanol–water partition coefficient (Wildman–Crippen LogP) is 21.2. The van der Waals surface area contributed by atoms with Gasteiger partial charge in [-0.25, -0.2) is 9.13 Å². The Morgan fingerprint density at radius 1 is 0.293 bits per heavy atom. The van der Waals surface area contributed by atoms with Gasteiger partial charge in [0, 0.05) is 25.7 Å². The molecule has 0 amide bonds. The molecule has 0 aromatic carbocycles. The van der Waals surface area contributed by atoms with E-state index >= 15 is 0 Å². The molecular formula is C73H142O17P2. The van der Waals surface area contributed by atoms with Gasteiger partial charge in [-0.1, -0.05) is 324 Å². The number of esters is 4. The van der Waals surface area contributed by atoms with E-state index in [9.17, 15) is 43.2 Å². The van der Waals surface area contributed by atoms with Crippen molar-refractivity contribution in [1.82, 2.24) is 0 Å². The van der Waals surface area contributed by atoms with E-state index in [1.54, 1.807) is 0 Å². The quantitative estimate of drug-likeness (QED) is 0.0222. The van der Waals surface area contributed by atoms with Gasteiger partial charge in [-0.15, -0.1) is 0 Å². The molecule has 17 nitrogen and oxygen atoms in total. The second kappa shape index (κ2) is 65.0. The van der Waals surface area contributed by atoms with E-state index in [1.165, 1.54) is 180 Å². The van der Waals surface area contributed by atoms with E-state index in [4.69, 9.17) is 37.0 Å². The summed E-state index contributed by atoms with van der Waals surface area (Å²) in [7, 11) is -9.90. The average Bonchev–Trinajstić information content (AvgIpc) is 3.13. The minimum atomic E-state index is -4.95. The van der Waals surface area contributed by atoms with Crippen LogP contribution >= 0.6 is 15.6 Å². The van der Waals surface area contributed by atoms with Crippen LogP contribution in [0.3, 0.4) is 0 Å². The molecule has 0 radical (unpaired) electrons. The standard InChI is InChI=1S/C73H142O17P2/c1-7-9-11-13-15-16-17-18-19-20-21-22-27-33-39-45-51-57-72(77)90-69(62-84-71(76)56-50-44-38-32-26-24-23-25-30-36-41-47-53-65(3)4)64-88-92(81,82)86-60-67(74)59-85-91(79,80)87-63-68(61-83-70(75)55-49-43-35-14-12-10-8-2)89-73(78)58-52-46-40-34-29-28-31-37-42-48-54-66(5)6/h65-69,74H,7-64H2,1-6H3,(H,79,80)(H,81,82)/t67-,68+,69+/m0/s1. The third kappa shape index (κ3) is 66.7. The number of rotatable bonds is 72. The molecule has 0 aliphatic carbocycles. The van der Waals surface area contributed by atoms with Gasteiger partial charge < -0.3 is 33.8 Å². The van der Waals surface area contributed by atoms with Gasteiger partial charge in [-0.05, 0) is 37.5 Å². The zero-order valence-electron chi connectivity index (χ0n) is 59.9. The first-order valence-electron chi connectivity index (χ1n) is 38.0. The van der Waals surface area contributed by atoms with E-state index in [0.717, 1.165) is 115 Å². The third-order valence-corrected chi connectivity index (χ3v) is 18.9. The van der Waals surface area contributed by atoms with Crippen molar-refractivity contribution in [3.63, 3.8) is 0 Å². The molecule has 0 bridgehead atoms. The molecule has 19 heteroatoms. The number of phosphoric ester groups is 2. The minimum absolute atomic E-state index is 0.106. The molecular weight excluding hydrogens is 1210 g/mol. The average molecular weight is 1350 g/mol. The number of hydrogen-bond donors (Lipinski definition) is 3. The summed E-state index contributed by atoms with van der Waals surface area (Å²) in [6.45, 7) is 9.54. The highest BCUT2D eigenvalue weighted by molar-refractivity contribution is 7.47. The van der Waals surface area contributed by atoms with Crippen molar-refractivity contribution in [2.24, 2.45) is 11.8 Å². The normalized spacial score (nSPS) is 14.1. The van der Waals surface area contributed by atoms with Crippen LogP contribution in [0.5, 0.6) is 0 Å². The van der Waals surface area contributed by atoms with Crippen molar-refractivity contribution in [3.05, 3.63) is 0 Å². The molecule has 5 atom stereocenters. The van der Waals surface area contributed by atoms with Gasteiger partial charge in [0.15, 0.2) is 12.2 Å². The van der Waals surface area contributed by atoms with E-state index < -0.39 is 97.5 Å². The Bertz CT molecular complexity index is 1790. The summed E-state index contributed by atoms with van der Waals surface area (Å²) in [5, 5.41) is 10.6. The van der Waals surface area contributed by atoms with E-state index in [-0.39, 0.29) is 25.7 Å². The molecule has 92 heavy (non-hydrogen) atoms. The predicted molar refractivity (Wildman–Crippen MR) is 372 cm³/mol. The summed E-state index contributed by atoms with van der Waals surface area (Å²) in [5.74, 6) is -0.589. The molecule has 0 fully saturated rings. The van der Waals surface area contributed by atoms with Crippen LogP contribution in [0, 0.1) is 11.8 Å². The first-order valence-corrected chi connectivity index (χ1v) is 41.0. The minimum Gasteiger partial charge on any atom is -0.462 e. The number of hydrogen-bond acceptors (Lipinski definition) is 15. The van der Waals surface area contributed by atoms with Crippen LogP contribution in [0.4, 0.5) is 0 Å². The topological polar surface area (TPSA) is 237 Å². The smallest absolute Gasteiger partial charge is 0.462 e. The fourth-order valence-electron chi connectivity index (χ4n) is 11.1. The monoisotopic (exact) mass is 1350 g/mol. The Morgan fingerprint density at radius 2 is 0.500 bits per heavy atom. The molecule has 0 saturated carbocycles. The molecule has 0 spiro atoms. The Balaban J connectivity index is 5.20. The SMILES string of the molecule is CCCCCCCCCCCCCCCCCCCC(=O)O[C@H](COC(=O)CCCCCCCCCCCCCCC(C)C)COP(=O)(O)OC[C@@H](O)COP(=O)(O)OC[C@@H](COC(=O)CCCCCCCCC)OC(=O)CCCCCCCCCCCCC(C)C. The highest BCUT2D eigenvalue weighted by Gasteiger charge is 2.30. The van der Waals surface area contributed by atoms with Crippen LogP contribution in [0.1, 0.15) is 375 Å². The Kier molecular flexibility index (Phi) is 63.7. The van der Waals surface area contributed by atoms with Gasteiger partial charge in [0.2, 0.25) is 0 Å². The van der Waals surface area contributed by atoms with Crippen molar-refractivity contribution < 1.29 is 80.2 Å². The second-order valence-electron chi connectivity index (χ2n) is 27.3. The van der Waals surface area contributed by atoms with Crippen molar-refractivity contribution in [1.29, 1.82) is 0 Å². The fraction of sp³-hybridized carbons (Fsp3) is 0.945. The highest BCUT2D eigenvalue weighted by atomic mass is 31.2. The van der Waals surface area contributed by atoms with Gasteiger partial charge >= 0.3 is 39.5 Å². The van der Waals surface area contributed by atoms with Crippen LogP contribution in [-0.2, 0) is 65.4 Å². The summed E-state index contributed by atoms with van der Waals surface area (Å²) in [4.78, 5) is 72.6. The maximum Gasteiger partial charge on any atom is 0.472 e. The van der Waals surface area contributed by atoms with Crippen LogP contribution in [0.2, 0.25) is 0 Å². The molecule has 0 aliphatic heterocycles. The molecule has 0 aromatic heterocycles. The number of unbranched alkanes of at least 4 members (excludes halogenated alkanes) is 42. The number of aliphatic hydroxyl groups is 1. The van der Waals surface area contributed by atoms with Crippen molar-refractivity contribution in [2.75, 3.05) is 39.6 Å². The van der Waals surface area contributed by atoms with Crippen molar-refractivity contribution in [3.8, 4) is 0 Å². The van der Waals surface area contributed by atoms with E-state index in [1.807, 2.05) is 0 Å². The zero-order valence-corrected chi connectivity index (χ0v) is 61.6. The molecule has 0 aliphatic rings. The summed E-state index contributed by atoms with van der Waals surface area (Å²) in [6.07, 6.45) is 51.4. The number of carbonyl (C=O) groups excluding carboxylic acids is 4. The first kappa shape index (κ1) is 90.1. The molecule has 3 N–H and O–H groups in total. The van der Waals surface area contributed by atoms with Gasteiger partial charge in [-0.2, -0.15) is 0 Å². The lowest BCUT2D eigenvalue weighted by molar-refractivity contribution is -0.161. The highest BCUT2D eigenvalue weighted by Crippen LogP contribution is 2.45. The van der Waals surface area contributed by atoms with Crippen LogP contribution in [0.25, 0.3) is 0 Å². The molecule has 546 valence electrons.